The van der Waals surface area contributed by atoms with Crippen molar-refractivity contribution in [3.05, 3.63) is 68.8 Å². The van der Waals surface area contributed by atoms with Gasteiger partial charge in [-0.15, -0.1) is 0 Å². The van der Waals surface area contributed by atoms with Gasteiger partial charge in [-0.1, -0.05) is 20.8 Å². The van der Waals surface area contributed by atoms with Crippen LogP contribution in [0.4, 0.5) is 0 Å². The molecule has 0 radical (unpaired) electrons. The molecule has 3 aliphatic rings. The minimum Gasteiger partial charge on any atom is -0.469 e. The van der Waals surface area contributed by atoms with E-state index in [0.717, 1.165) is 63.2 Å². The number of nitrogens with zero attached hydrogens (tertiary/aromatic N) is 3. The van der Waals surface area contributed by atoms with Crippen LogP contribution in [0.15, 0.2) is 18.2 Å². The Morgan fingerprint density at radius 3 is 2.30 bits per heavy atom. The molecule has 3 aliphatic heterocycles. The lowest BCUT2D eigenvalue weighted by Crippen LogP contribution is -2.43. The molecule has 2 unspecified atom stereocenters. The van der Waals surface area contributed by atoms with Crippen molar-refractivity contribution in [1.29, 1.82) is 0 Å². The number of imide groups is 1. The van der Waals surface area contributed by atoms with Crippen LogP contribution in [0.5, 0.6) is 0 Å². The highest BCUT2D eigenvalue weighted by Gasteiger charge is 2.40. The van der Waals surface area contributed by atoms with Crippen molar-refractivity contribution in [2.45, 2.75) is 79.1 Å². The highest BCUT2D eigenvalue weighted by atomic mass is 16.5. The van der Waals surface area contributed by atoms with E-state index >= 15 is 0 Å². The van der Waals surface area contributed by atoms with E-state index in [0.29, 0.717) is 34.3 Å². The number of H-pyrrole nitrogens is 2. The summed E-state index contributed by atoms with van der Waals surface area (Å²) in [5.41, 5.74) is 18.2. The Balaban J connectivity index is 1.80. The minimum atomic E-state index is -0.438. The number of ether oxygens (including phenoxy) is 1. The first-order valence-corrected chi connectivity index (χ1v) is 16.1. The van der Waals surface area contributed by atoms with Gasteiger partial charge in [-0.25, -0.2) is 4.98 Å². The van der Waals surface area contributed by atoms with E-state index < -0.39 is 5.91 Å². The molecule has 0 saturated heterocycles. The Morgan fingerprint density at radius 1 is 0.935 bits per heavy atom. The van der Waals surface area contributed by atoms with Crippen molar-refractivity contribution in [3.8, 4) is 0 Å². The van der Waals surface area contributed by atoms with Crippen molar-refractivity contribution in [3.63, 3.8) is 0 Å². The first-order chi connectivity index (χ1) is 22.0. The molecule has 3 aromatic heterocycles. The van der Waals surface area contributed by atoms with Crippen LogP contribution in [0.25, 0.3) is 33.2 Å². The number of allylic oxidation sites excluding steroid dienone is 2. The summed E-state index contributed by atoms with van der Waals surface area (Å²) in [4.78, 5) is 59.1. The number of aromatic amines is 2. The number of hydrogen-bond acceptors (Lipinski definition) is 7. The Bertz CT molecular complexity index is 2000. The molecule has 0 spiro atoms. The number of nitrogens with two attached hydrogens (primary N) is 1. The predicted octanol–water partition coefficient (Wildman–Crippen LogP) is 6.23. The second-order valence-electron chi connectivity index (χ2n) is 12.5. The number of methoxy groups -OCH3 is 1. The van der Waals surface area contributed by atoms with Crippen LogP contribution < -0.4 is 5.73 Å². The molecule has 0 fully saturated rings. The number of hydrogen-bond donors (Lipinski definition) is 3. The van der Waals surface area contributed by atoms with E-state index in [4.69, 9.17) is 20.4 Å². The van der Waals surface area contributed by atoms with Gasteiger partial charge < -0.3 is 20.4 Å². The number of carbonyl (C=O) groups excluding carboxylic acids is 3. The lowest BCUT2D eigenvalue weighted by Gasteiger charge is -2.26. The average Bonchev–Trinajstić information content (AvgIpc) is 3.71. The van der Waals surface area contributed by atoms with Gasteiger partial charge in [-0.3, -0.25) is 24.3 Å². The molecule has 4 N–H and O–H groups in total. The molecular weight excluding hydrogens is 580 g/mol. The fraction of sp³-hybridized carbons (Fsp3) is 0.417. The monoisotopic (exact) mass is 622 g/mol. The Kier molecular flexibility index (Phi) is 8.18. The number of aryl methyl sites for hydroxylation is 3. The summed E-state index contributed by atoms with van der Waals surface area (Å²) in [5, 5.41) is 0. The highest BCUT2D eigenvalue weighted by Crippen LogP contribution is 2.44. The summed E-state index contributed by atoms with van der Waals surface area (Å²) in [6, 6.07) is 6.17. The van der Waals surface area contributed by atoms with Gasteiger partial charge in [0.1, 0.15) is 0 Å². The molecule has 0 saturated carbocycles. The number of fused-ring (bicyclic) bond motifs is 8. The number of nitrogens with one attached hydrogen (secondary N) is 2. The largest absolute Gasteiger partial charge is 0.469 e. The molecular formula is C36H42N6O4. The summed E-state index contributed by atoms with van der Waals surface area (Å²) in [7, 11) is 1.37. The third-order valence-corrected chi connectivity index (χ3v) is 10.0. The van der Waals surface area contributed by atoms with Crippen molar-refractivity contribution in [2.75, 3.05) is 20.2 Å². The zero-order chi connectivity index (χ0) is 33.0. The predicted molar refractivity (Wildman–Crippen MR) is 179 cm³/mol. The van der Waals surface area contributed by atoms with Gasteiger partial charge >= 0.3 is 5.97 Å². The van der Waals surface area contributed by atoms with Crippen LogP contribution >= 0.6 is 0 Å². The molecule has 240 valence electrons. The van der Waals surface area contributed by atoms with Gasteiger partial charge in [0.2, 0.25) is 0 Å². The lowest BCUT2D eigenvalue weighted by atomic mass is 9.84. The summed E-state index contributed by atoms with van der Waals surface area (Å²) < 4.78 is 4.98. The van der Waals surface area contributed by atoms with E-state index in [1.807, 2.05) is 13.0 Å². The molecule has 6 rings (SSSR count). The van der Waals surface area contributed by atoms with Crippen LogP contribution in [0.2, 0.25) is 0 Å². The molecule has 3 aromatic rings. The molecule has 10 nitrogen and oxygen atoms in total. The maximum absolute atomic E-state index is 14.3. The van der Waals surface area contributed by atoms with Crippen LogP contribution in [-0.4, -0.2) is 62.8 Å². The Morgan fingerprint density at radius 2 is 1.63 bits per heavy atom. The topological polar surface area (TPSA) is 147 Å². The van der Waals surface area contributed by atoms with Crippen molar-refractivity contribution >= 4 is 51.0 Å². The van der Waals surface area contributed by atoms with Gasteiger partial charge in [0.15, 0.2) is 0 Å². The number of amides is 2. The van der Waals surface area contributed by atoms with Crippen molar-refractivity contribution in [1.82, 2.24) is 24.8 Å². The van der Waals surface area contributed by atoms with Crippen LogP contribution in [-0.2, 0) is 16.0 Å². The third-order valence-electron chi connectivity index (χ3n) is 10.0. The van der Waals surface area contributed by atoms with Gasteiger partial charge in [-0.05, 0) is 86.1 Å². The Hall–Kier alpha value is -4.57. The zero-order valence-corrected chi connectivity index (χ0v) is 27.7. The smallest absolute Gasteiger partial charge is 0.305 e. The normalized spacial score (nSPS) is 17.7. The van der Waals surface area contributed by atoms with Crippen LogP contribution in [0.3, 0.4) is 0 Å². The van der Waals surface area contributed by atoms with E-state index in [1.54, 1.807) is 0 Å². The summed E-state index contributed by atoms with van der Waals surface area (Å²) >= 11 is 0. The first-order valence-electron chi connectivity index (χ1n) is 16.1. The van der Waals surface area contributed by atoms with Gasteiger partial charge in [0.05, 0.1) is 40.8 Å². The first kappa shape index (κ1) is 31.4. The summed E-state index contributed by atoms with van der Waals surface area (Å²) in [6.07, 6.45) is 2.23. The maximum Gasteiger partial charge on any atom is 0.305 e. The third kappa shape index (κ3) is 4.86. The van der Waals surface area contributed by atoms with Gasteiger partial charge in [0.25, 0.3) is 11.8 Å². The molecule has 10 heteroatoms. The SMILES string of the molecule is CCC1=C(C)c2cc3[nH]c(cc4nc(c5c6[nH]c(cc1n2)c(C)c6C(=O)N(CCN)C5=O)C(CCC(=O)OC)C4C)c(C)c3CC. The number of esters is 1. The fourth-order valence-corrected chi connectivity index (χ4v) is 7.34. The lowest BCUT2D eigenvalue weighted by molar-refractivity contribution is -0.140. The summed E-state index contributed by atoms with van der Waals surface area (Å²) in [6.45, 7) is 12.7. The molecule has 8 bridgehead atoms. The summed E-state index contributed by atoms with van der Waals surface area (Å²) in [5.74, 6) is -1.53. The molecule has 0 aromatic carbocycles. The van der Waals surface area contributed by atoms with Crippen LogP contribution in [0, 0.1) is 13.8 Å². The highest BCUT2D eigenvalue weighted by molar-refractivity contribution is 6.23. The quantitative estimate of drug-likeness (QED) is 0.209. The minimum absolute atomic E-state index is 0.0790. The second-order valence-corrected chi connectivity index (χ2v) is 12.5. The zero-order valence-electron chi connectivity index (χ0n) is 27.7. The maximum atomic E-state index is 14.3. The van der Waals surface area contributed by atoms with E-state index in [1.165, 1.54) is 17.6 Å². The van der Waals surface area contributed by atoms with E-state index in [9.17, 15) is 14.4 Å². The molecule has 2 atom stereocenters. The van der Waals surface area contributed by atoms with Crippen LogP contribution in [0.1, 0.15) is 119 Å². The molecule has 0 aliphatic carbocycles. The second kappa shape index (κ2) is 12.0. The number of aromatic nitrogens is 4. The standard InChI is InChI=1S/C36H42N6O4/c1-8-21-17(3)24-14-26-19(5)23(10-11-30(43)46-7)33(40-26)32-34-31(35(44)42(13-12-37)36(32)45)20(6)27(41-34)16-29-22(9-2)18(4)25(39-29)15-28(21)38-24/h14-16,19,23,38,41H,8-13,37H2,1-7H3. The Labute approximate surface area is 268 Å². The molecule has 2 amide bonds. The van der Waals surface area contributed by atoms with Gasteiger partial charge in [0, 0.05) is 53.6 Å². The van der Waals surface area contributed by atoms with Gasteiger partial charge in [-0.2, -0.15) is 0 Å². The van der Waals surface area contributed by atoms with Crippen molar-refractivity contribution < 1.29 is 19.1 Å². The molecule has 46 heavy (non-hydrogen) atoms. The van der Waals surface area contributed by atoms with E-state index in [2.05, 4.69) is 56.7 Å². The number of rotatable bonds is 7. The fourth-order valence-electron chi connectivity index (χ4n) is 7.34. The molecule has 6 heterocycles. The average molecular weight is 623 g/mol. The number of carbonyl (C=O) groups is 3. The van der Waals surface area contributed by atoms with Crippen molar-refractivity contribution in [2.24, 2.45) is 5.73 Å². The van der Waals surface area contributed by atoms with E-state index in [-0.39, 0.29) is 43.2 Å².